The van der Waals surface area contributed by atoms with Gasteiger partial charge in [-0.1, -0.05) is 0 Å². The van der Waals surface area contributed by atoms with Crippen LogP contribution in [0.2, 0.25) is 0 Å². The molecular formula is C10H20ClNO2. The normalized spacial score (nSPS) is 26.4. The number of carbonyl (C=O) groups is 1. The third-order valence-electron chi connectivity index (χ3n) is 2.96. The van der Waals surface area contributed by atoms with E-state index in [4.69, 9.17) is 10.5 Å². The van der Waals surface area contributed by atoms with Crippen molar-refractivity contribution in [3.63, 3.8) is 0 Å². The number of rotatable bonds is 3. The highest BCUT2D eigenvalue weighted by Gasteiger charge is 2.26. The Morgan fingerprint density at radius 3 is 2.36 bits per heavy atom. The molecule has 0 aliphatic heterocycles. The molecule has 4 heteroatoms. The monoisotopic (exact) mass is 221 g/mol. The quantitative estimate of drug-likeness (QED) is 0.739. The third-order valence-corrected chi connectivity index (χ3v) is 2.96. The second-order valence-electron chi connectivity index (χ2n) is 3.82. The van der Waals surface area contributed by atoms with Gasteiger partial charge in [-0.05, 0) is 44.6 Å². The second-order valence-corrected chi connectivity index (χ2v) is 3.82. The van der Waals surface area contributed by atoms with E-state index in [1.165, 1.54) is 7.11 Å². The summed E-state index contributed by atoms with van der Waals surface area (Å²) in [6.07, 6.45) is 5.34. The fourth-order valence-electron chi connectivity index (χ4n) is 2.09. The van der Waals surface area contributed by atoms with Gasteiger partial charge in [0.25, 0.3) is 0 Å². The Labute approximate surface area is 91.8 Å². The van der Waals surface area contributed by atoms with Gasteiger partial charge < -0.3 is 10.5 Å². The standard InChI is InChI=1S/C10H19NO2.ClH/c1-13-10(12)9-4-2-8(3-5-9)6-7-11;/h8-9H,2-7,11H2,1H3;1H. The molecule has 0 heterocycles. The highest BCUT2D eigenvalue weighted by Crippen LogP contribution is 2.30. The van der Waals surface area contributed by atoms with E-state index in [2.05, 4.69) is 0 Å². The maximum atomic E-state index is 11.2. The lowest BCUT2D eigenvalue weighted by molar-refractivity contribution is -0.146. The van der Waals surface area contributed by atoms with Crippen LogP contribution in [-0.4, -0.2) is 19.6 Å². The molecule has 84 valence electrons. The molecule has 1 fully saturated rings. The molecule has 0 bridgehead atoms. The number of halogens is 1. The van der Waals surface area contributed by atoms with Crippen molar-refractivity contribution < 1.29 is 9.53 Å². The molecule has 1 saturated carbocycles. The number of methoxy groups -OCH3 is 1. The summed E-state index contributed by atoms with van der Waals surface area (Å²) in [5, 5.41) is 0. The van der Waals surface area contributed by atoms with E-state index in [9.17, 15) is 4.79 Å². The predicted molar refractivity (Wildman–Crippen MR) is 58.4 cm³/mol. The van der Waals surface area contributed by atoms with E-state index in [1.54, 1.807) is 0 Å². The van der Waals surface area contributed by atoms with Gasteiger partial charge >= 0.3 is 5.97 Å². The minimum atomic E-state index is -0.0359. The SMILES string of the molecule is COC(=O)C1CCC(CCN)CC1.Cl. The zero-order valence-electron chi connectivity index (χ0n) is 8.70. The summed E-state index contributed by atoms with van der Waals surface area (Å²) >= 11 is 0. The predicted octanol–water partition coefficient (Wildman–Crippen LogP) is 1.74. The van der Waals surface area contributed by atoms with E-state index >= 15 is 0 Å². The fraction of sp³-hybridized carbons (Fsp3) is 0.900. The number of nitrogens with two attached hydrogens (primary N) is 1. The lowest BCUT2D eigenvalue weighted by atomic mass is 9.80. The number of hydrogen-bond acceptors (Lipinski definition) is 3. The van der Waals surface area contributed by atoms with Gasteiger partial charge in [-0.15, -0.1) is 12.4 Å². The van der Waals surface area contributed by atoms with Crippen LogP contribution in [0.1, 0.15) is 32.1 Å². The van der Waals surface area contributed by atoms with Crippen molar-refractivity contribution in [2.24, 2.45) is 17.6 Å². The first-order chi connectivity index (χ1) is 6.27. The summed E-state index contributed by atoms with van der Waals surface area (Å²) in [5.41, 5.74) is 5.49. The van der Waals surface area contributed by atoms with Crippen LogP contribution in [0, 0.1) is 11.8 Å². The molecule has 0 aromatic carbocycles. The Morgan fingerprint density at radius 2 is 1.93 bits per heavy atom. The van der Waals surface area contributed by atoms with Gasteiger partial charge in [0.2, 0.25) is 0 Å². The molecule has 0 radical (unpaired) electrons. The Kier molecular flexibility index (Phi) is 6.93. The number of esters is 1. The minimum Gasteiger partial charge on any atom is -0.469 e. The highest BCUT2D eigenvalue weighted by molar-refractivity contribution is 5.85. The van der Waals surface area contributed by atoms with Gasteiger partial charge in [0, 0.05) is 0 Å². The molecule has 3 nitrogen and oxygen atoms in total. The van der Waals surface area contributed by atoms with Gasteiger partial charge in [-0.2, -0.15) is 0 Å². The van der Waals surface area contributed by atoms with Crippen LogP contribution in [0.5, 0.6) is 0 Å². The molecule has 0 saturated heterocycles. The molecule has 0 spiro atoms. The van der Waals surface area contributed by atoms with Crippen molar-refractivity contribution >= 4 is 18.4 Å². The highest BCUT2D eigenvalue weighted by atomic mass is 35.5. The van der Waals surface area contributed by atoms with Crippen molar-refractivity contribution in [3.8, 4) is 0 Å². The first-order valence-electron chi connectivity index (χ1n) is 5.05. The van der Waals surface area contributed by atoms with Crippen LogP contribution >= 0.6 is 12.4 Å². The van der Waals surface area contributed by atoms with Crippen LogP contribution < -0.4 is 5.73 Å². The molecule has 2 N–H and O–H groups in total. The van der Waals surface area contributed by atoms with Gasteiger partial charge in [0.05, 0.1) is 13.0 Å². The maximum Gasteiger partial charge on any atom is 0.308 e. The van der Waals surface area contributed by atoms with Crippen molar-refractivity contribution in [1.82, 2.24) is 0 Å². The van der Waals surface area contributed by atoms with Crippen LogP contribution in [0.15, 0.2) is 0 Å². The molecule has 1 aliphatic rings. The summed E-state index contributed by atoms with van der Waals surface area (Å²) in [6.45, 7) is 0.771. The van der Waals surface area contributed by atoms with Gasteiger partial charge in [-0.25, -0.2) is 0 Å². The van der Waals surface area contributed by atoms with Crippen LogP contribution in [0.25, 0.3) is 0 Å². The summed E-state index contributed by atoms with van der Waals surface area (Å²) in [6, 6.07) is 0. The Hall–Kier alpha value is -0.280. The van der Waals surface area contributed by atoms with E-state index in [1.807, 2.05) is 0 Å². The first kappa shape index (κ1) is 13.7. The Bertz CT molecular complexity index is 168. The summed E-state index contributed by atoms with van der Waals surface area (Å²) in [5.74, 6) is 0.858. The lowest BCUT2D eigenvalue weighted by Gasteiger charge is -2.26. The Balaban J connectivity index is 0.00000169. The lowest BCUT2D eigenvalue weighted by Crippen LogP contribution is -2.23. The number of ether oxygens (including phenoxy) is 1. The number of hydrogen-bond donors (Lipinski definition) is 1. The zero-order valence-corrected chi connectivity index (χ0v) is 9.52. The summed E-state index contributed by atoms with van der Waals surface area (Å²) < 4.78 is 4.72. The largest absolute Gasteiger partial charge is 0.469 e. The molecule has 0 aromatic rings. The molecule has 1 rings (SSSR count). The molecule has 0 atom stereocenters. The number of carbonyl (C=O) groups excluding carboxylic acids is 1. The maximum absolute atomic E-state index is 11.2. The topological polar surface area (TPSA) is 52.3 Å². The van der Waals surface area contributed by atoms with E-state index < -0.39 is 0 Å². The molecule has 0 amide bonds. The smallest absolute Gasteiger partial charge is 0.308 e. The second kappa shape index (κ2) is 7.07. The van der Waals surface area contributed by atoms with Crippen molar-refractivity contribution in [1.29, 1.82) is 0 Å². The fourth-order valence-corrected chi connectivity index (χ4v) is 2.09. The van der Waals surface area contributed by atoms with Crippen LogP contribution in [-0.2, 0) is 9.53 Å². The first-order valence-corrected chi connectivity index (χ1v) is 5.05. The van der Waals surface area contributed by atoms with Crippen LogP contribution in [0.3, 0.4) is 0 Å². The third kappa shape index (κ3) is 3.84. The van der Waals surface area contributed by atoms with Crippen molar-refractivity contribution in [2.45, 2.75) is 32.1 Å². The van der Waals surface area contributed by atoms with Crippen molar-refractivity contribution in [3.05, 3.63) is 0 Å². The van der Waals surface area contributed by atoms with Gasteiger partial charge in [-0.3, -0.25) is 4.79 Å². The summed E-state index contributed by atoms with van der Waals surface area (Å²) in [4.78, 5) is 11.2. The summed E-state index contributed by atoms with van der Waals surface area (Å²) in [7, 11) is 1.47. The zero-order chi connectivity index (χ0) is 9.68. The van der Waals surface area contributed by atoms with Gasteiger partial charge in [0.15, 0.2) is 0 Å². The van der Waals surface area contributed by atoms with Gasteiger partial charge in [0.1, 0.15) is 0 Å². The van der Waals surface area contributed by atoms with E-state index in [-0.39, 0.29) is 24.3 Å². The van der Waals surface area contributed by atoms with E-state index in [0.717, 1.165) is 44.6 Å². The average molecular weight is 222 g/mol. The molecule has 14 heavy (non-hydrogen) atoms. The van der Waals surface area contributed by atoms with E-state index in [0.29, 0.717) is 0 Å². The van der Waals surface area contributed by atoms with Crippen molar-refractivity contribution in [2.75, 3.05) is 13.7 Å². The average Bonchev–Trinajstić information content (AvgIpc) is 2.18. The molecule has 0 aromatic heterocycles. The Morgan fingerprint density at radius 1 is 1.36 bits per heavy atom. The van der Waals surface area contributed by atoms with Crippen LogP contribution in [0.4, 0.5) is 0 Å². The minimum absolute atomic E-state index is 0. The molecule has 0 unspecified atom stereocenters. The molecule has 1 aliphatic carbocycles. The molecular weight excluding hydrogens is 202 g/mol.